The Morgan fingerprint density at radius 2 is 1.43 bits per heavy atom. The molecule has 0 aliphatic heterocycles. The first-order valence-electron chi connectivity index (χ1n) is 7.61. The highest BCUT2D eigenvalue weighted by Crippen LogP contribution is 2.34. The Morgan fingerprint density at radius 3 is 1.83 bits per heavy atom. The van der Waals surface area contributed by atoms with Gasteiger partial charge in [-0.25, -0.2) is 0 Å². The van der Waals surface area contributed by atoms with E-state index in [-0.39, 0.29) is 18.9 Å². The molecule has 0 unspecified atom stereocenters. The van der Waals surface area contributed by atoms with E-state index in [1.807, 2.05) is 60.7 Å². The van der Waals surface area contributed by atoms with Crippen molar-refractivity contribution in [2.45, 2.75) is 19.3 Å². The Hall–Kier alpha value is -2.62. The summed E-state index contributed by atoms with van der Waals surface area (Å²) in [7, 11) is 0. The van der Waals surface area contributed by atoms with Gasteiger partial charge in [-0.2, -0.15) is 0 Å². The molecule has 2 rings (SSSR count). The molecule has 0 amide bonds. The lowest BCUT2D eigenvalue weighted by Crippen LogP contribution is -2.28. The molecular formula is C19H20O4. The normalized spacial score (nSPS) is 11.9. The fourth-order valence-corrected chi connectivity index (χ4v) is 2.75. The molecule has 0 heterocycles. The monoisotopic (exact) mass is 312 g/mol. The number of ether oxygens (including phenoxy) is 1. The number of carbonyl (C=O) groups excluding carboxylic acids is 1. The van der Waals surface area contributed by atoms with E-state index in [0.29, 0.717) is 0 Å². The molecule has 4 nitrogen and oxygen atoms in total. The lowest BCUT2D eigenvalue weighted by molar-refractivity contribution is -0.153. The summed E-state index contributed by atoms with van der Waals surface area (Å²) in [6, 6.07) is 18.9. The molecule has 0 saturated carbocycles. The number of carbonyl (C=O) groups is 2. The van der Waals surface area contributed by atoms with Gasteiger partial charge in [0.15, 0.2) is 0 Å². The lowest BCUT2D eigenvalue weighted by atomic mass is 9.79. The first-order valence-corrected chi connectivity index (χ1v) is 7.61. The van der Waals surface area contributed by atoms with E-state index in [4.69, 9.17) is 4.74 Å². The van der Waals surface area contributed by atoms with E-state index in [1.165, 1.54) is 0 Å². The average molecular weight is 312 g/mol. The summed E-state index contributed by atoms with van der Waals surface area (Å²) in [6.45, 7) is 1.95. The second kappa shape index (κ2) is 8.13. The Bertz CT molecular complexity index is 597. The molecule has 4 heteroatoms. The molecule has 23 heavy (non-hydrogen) atoms. The van der Waals surface area contributed by atoms with Crippen LogP contribution in [0.5, 0.6) is 0 Å². The quantitative estimate of drug-likeness (QED) is 0.795. The molecule has 120 valence electrons. The van der Waals surface area contributed by atoms with Gasteiger partial charge in [-0.05, 0) is 18.1 Å². The highest BCUT2D eigenvalue weighted by Gasteiger charge is 2.33. The van der Waals surface area contributed by atoms with Crippen LogP contribution in [-0.4, -0.2) is 23.7 Å². The minimum atomic E-state index is -1.01. The standard InChI is InChI=1S/C19H20O4/c1-2-23-19(22)16(13-17(20)21)18(14-9-5-3-6-10-14)15-11-7-4-8-12-15/h3-12,16,18H,2,13H2,1H3,(H,20,21)/t16-/m1/s1. The number of carboxylic acids is 1. The van der Waals surface area contributed by atoms with Gasteiger partial charge in [0.25, 0.3) is 0 Å². The summed E-state index contributed by atoms with van der Waals surface area (Å²) in [5.41, 5.74) is 1.80. The Labute approximate surface area is 135 Å². The summed E-state index contributed by atoms with van der Waals surface area (Å²) in [5.74, 6) is -2.61. The van der Waals surface area contributed by atoms with Gasteiger partial charge in [0, 0.05) is 5.92 Å². The van der Waals surface area contributed by atoms with Gasteiger partial charge in [0.1, 0.15) is 0 Å². The van der Waals surface area contributed by atoms with Crippen molar-refractivity contribution in [1.82, 2.24) is 0 Å². The fraction of sp³-hybridized carbons (Fsp3) is 0.263. The van der Waals surface area contributed by atoms with E-state index in [2.05, 4.69) is 0 Å². The van der Waals surface area contributed by atoms with Gasteiger partial charge in [-0.15, -0.1) is 0 Å². The maximum absolute atomic E-state index is 12.4. The molecule has 0 spiro atoms. The summed E-state index contributed by atoms with van der Waals surface area (Å²) < 4.78 is 5.13. The predicted octanol–water partition coefficient (Wildman–Crippen LogP) is 3.47. The van der Waals surface area contributed by atoms with Gasteiger partial charge in [0.05, 0.1) is 18.9 Å². The topological polar surface area (TPSA) is 63.6 Å². The van der Waals surface area contributed by atoms with Gasteiger partial charge in [0.2, 0.25) is 0 Å². The highest BCUT2D eigenvalue weighted by atomic mass is 16.5. The molecule has 0 bridgehead atoms. The van der Waals surface area contributed by atoms with Crippen LogP contribution in [0, 0.1) is 5.92 Å². The summed E-state index contributed by atoms with van der Waals surface area (Å²) >= 11 is 0. The predicted molar refractivity (Wildman–Crippen MR) is 87.1 cm³/mol. The van der Waals surface area contributed by atoms with Crippen LogP contribution in [0.25, 0.3) is 0 Å². The number of aliphatic carboxylic acids is 1. The van der Waals surface area contributed by atoms with Crippen LogP contribution < -0.4 is 0 Å². The van der Waals surface area contributed by atoms with Crippen LogP contribution in [0.4, 0.5) is 0 Å². The van der Waals surface area contributed by atoms with Crippen molar-refractivity contribution in [2.24, 2.45) is 5.92 Å². The van der Waals surface area contributed by atoms with Gasteiger partial charge in [-0.1, -0.05) is 60.7 Å². The lowest BCUT2D eigenvalue weighted by Gasteiger charge is -2.25. The molecule has 2 aromatic carbocycles. The zero-order valence-electron chi connectivity index (χ0n) is 13.0. The van der Waals surface area contributed by atoms with Gasteiger partial charge >= 0.3 is 11.9 Å². The molecular weight excluding hydrogens is 292 g/mol. The highest BCUT2D eigenvalue weighted by molar-refractivity contribution is 5.80. The molecule has 0 fully saturated rings. The second-order valence-electron chi connectivity index (χ2n) is 5.26. The Morgan fingerprint density at radius 1 is 0.957 bits per heavy atom. The fourth-order valence-electron chi connectivity index (χ4n) is 2.75. The number of carboxylic acid groups (broad SMARTS) is 1. The van der Waals surface area contributed by atoms with Crippen LogP contribution in [0.1, 0.15) is 30.4 Å². The minimum absolute atomic E-state index is 0.227. The van der Waals surface area contributed by atoms with Gasteiger partial charge < -0.3 is 9.84 Å². The Balaban J connectivity index is 2.48. The number of hydrogen-bond donors (Lipinski definition) is 1. The number of hydrogen-bond acceptors (Lipinski definition) is 3. The van der Waals surface area contributed by atoms with Crippen LogP contribution in [0.2, 0.25) is 0 Å². The maximum Gasteiger partial charge on any atom is 0.310 e. The van der Waals surface area contributed by atoms with Crippen LogP contribution >= 0.6 is 0 Å². The molecule has 0 aliphatic carbocycles. The van der Waals surface area contributed by atoms with Crippen molar-refractivity contribution in [1.29, 1.82) is 0 Å². The van der Waals surface area contributed by atoms with E-state index < -0.39 is 17.9 Å². The third-order valence-corrected chi connectivity index (χ3v) is 3.70. The molecule has 0 aromatic heterocycles. The van der Waals surface area contributed by atoms with Crippen molar-refractivity contribution in [3.05, 3.63) is 71.8 Å². The van der Waals surface area contributed by atoms with Crippen LogP contribution in [0.15, 0.2) is 60.7 Å². The number of esters is 1. The summed E-state index contributed by atoms with van der Waals surface area (Å²) in [4.78, 5) is 23.7. The van der Waals surface area contributed by atoms with E-state index in [1.54, 1.807) is 6.92 Å². The second-order valence-corrected chi connectivity index (χ2v) is 5.26. The van der Waals surface area contributed by atoms with Gasteiger partial charge in [-0.3, -0.25) is 9.59 Å². The SMILES string of the molecule is CCOC(=O)[C@H](CC(=O)O)C(c1ccccc1)c1ccccc1. The van der Waals surface area contributed by atoms with Crippen molar-refractivity contribution in [3.63, 3.8) is 0 Å². The smallest absolute Gasteiger partial charge is 0.310 e. The van der Waals surface area contributed by atoms with Crippen LogP contribution in [-0.2, 0) is 14.3 Å². The van der Waals surface area contributed by atoms with Crippen molar-refractivity contribution in [2.75, 3.05) is 6.61 Å². The third kappa shape index (κ3) is 4.42. The largest absolute Gasteiger partial charge is 0.481 e. The number of rotatable bonds is 7. The molecule has 1 N–H and O–H groups in total. The molecule has 0 aliphatic rings. The Kier molecular flexibility index (Phi) is 5.92. The maximum atomic E-state index is 12.4. The summed E-state index contributed by atoms with van der Waals surface area (Å²) in [6.07, 6.45) is -0.271. The van der Waals surface area contributed by atoms with Crippen molar-refractivity contribution < 1.29 is 19.4 Å². The summed E-state index contributed by atoms with van der Waals surface area (Å²) in [5, 5.41) is 9.24. The van der Waals surface area contributed by atoms with E-state index in [0.717, 1.165) is 11.1 Å². The van der Waals surface area contributed by atoms with E-state index >= 15 is 0 Å². The minimum Gasteiger partial charge on any atom is -0.481 e. The molecule has 1 atom stereocenters. The van der Waals surface area contributed by atoms with E-state index in [9.17, 15) is 14.7 Å². The third-order valence-electron chi connectivity index (χ3n) is 3.70. The zero-order valence-corrected chi connectivity index (χ0v) is 13.0. The van der Waals surface area contributed by atoms with Crippen molar-refractivity contribution >= 4 is 11.9 Å². The zero-order chi connectivity index (χ0) is 16.7. The number of benzene rings is 2. The average Bonchev–Trinajstić information content (AvgIpc) is 2.56. The molecule has 2 aromatic rings. The first kappa shape index (κ1) is 16.7. The van der Waals surface area contributed by atoms with Crippen LogP contribution in [0.3, 0.4) is 0 Å². The first-order chi connectivity index (χ1) is 11.1. The molecule has 0 radical (unpaired) electrons. The molecule has 0 saturated heterocycles. The van der Waals surface area contributed by atoms with Crippen molar-refractivity contribution in [3.8, 4) is 0 Å².